The van der Waals surface area contributed by atoms with Crippen LogP contribution in [0.15, 0.2) is 29.6 Å². The van der Waals surface area contributed by atoms with E-state index < -0.39 is 0 Å². The summed E-state index contributed by atoms with van der Waals surface area (Å²) in [5.74, 6) is 0.603. The number of ether oxygens (including phenoxy) is 1. The molecule has 1 heterocycles. The molecule has 1 amide bonds. The number of rotatable bonds is 4. The van der Waals surface area contributed by atoms with Crippen molar-refractivity contribution in [2.75, 3.05) is 11.9 Å². The first kappa shape index (κ1) is 15.5. The second kappa shape index (κ2) is 6.26. The quantitative estimate of drug-likeness (QED) is 0.925. The van der Waals surface area contributed by atoms with Crippen LogP contribution in [0.4, 0.5) is 5.13 Å². The molecule has 1 aromatic carbocycles. The number of benzene rings is 1. The molecule has 0 atom stereocenters. The average Bonchev–Trinajstić information content (AvgIpc) is 2.88. The number of hydrogen-bond donors (Lipinski definition) is 1. The lowest BCUT2D eigenvalue weighted by atomic mass is 9.93. The number of carbonyl (C=O) groups excluding carboxylic acids is 1. The van der Waals surface area contributed by atoms with Crippen LogP contribution in [-0.2, 0) is 5.41 Å². The van der Waals surface area contributed by atoms with Gasteiger partial charge in [-0.05, 0) is 31.2 Å². The summed E-state index contributed by atoms with van der Waals surface area (Å²) in [6.07, 6.45) is 0. The molecule has 4 nitrogen and oxygen atoms in total. The molecule has 2 aromatic rings. The van der Waals surface area contributed by atoms with E-state index in [1.165, 1.54) is 11.3 Å². The molecule has 0 aliphatic heterocycles. The van der Waals surface area contributed by atoms with Gasteiger partial charge in [0.1, 0.15) is 5.75 Å². The third-order valence-electron chi connectivity index (χ3n) is 2.92. The van der Waals surface area contributed by atoms with E-state index in [0.717, 1.165) is 11.4 Å². The Labute approximate surface area is 129 Å². The maximum Gasteiger partial charge on any atom is 0.257 e. The third-order valence-corrected chi connectivity index (χ3v) is 3.68. The Bertz CT molecular complexity index is 612. The zero-order chi connectivity index (χ0) is 15.5. The molecule has 0 aliphatic rings. The number of carbonyl (C=O) groups is 1. The van der Waals surface area contributed by atoms with Crippen LogP contribution in [0.2, 0.25) is 0 Å². The van der Waals surface area contributed by atoms with Crippen LogP contribution in [0, 0.1) is 0 Å². The topological polar surface area (TPSA) is 51.2 Å². The molecule has 0 spiro atoms. The lowest BCUT2D eigenvalue weighted by Gasteiger charge is -2.14. The lowest BCUT2D eigenvalue weighted by molar-refractivity contribution is 0.102. The van der Waals surface area contributed by atoms with Crippen molar-refractivity contribution in [2.45, 2.75) is 33.1 Å². The Morgan fingerprint density at radius 1 is 1.29 bits per heavy atom. The van der Waals surface area contributed by atoms with Gasteiger partial charge in [-0.2, -0.15) is 0 Å². The predicted molar refractivity (Wildman–Crippen MR) is 86.4 cm³/mol. The monoisotopic (exact) mass is 304 g/mol. The van der Waals surface area contributed by atoms with Gasteiger partial charge >= 0.3 is 0 Å². The Kier molecular flexibility index (Phi) is 4.63. The van der Waals surface area contributed by atoms with Crippen molar-refractivity contribution in [3.63, 3.8) is 0 Å². The van der Waals surface area contributed by atoms with Crippen LogP contribution in [0.3, 0.4) is 0 Å². The smallest absolute Gasteiger partial charge is 0.257 e. The fourth-order valence-corrected chi connectivity index (χ4v) is 2.65. The maximum absolute atomic E-state index is 12.2. The van der Waals surface area contributed by atoms with Gasteiger partial charge in [-0.1, -0.05) is 20.8 Å². The lowest BCUT2D eigenvalue weighted by Crippen LogP contribution is -2.14. The summed E-state index contributed by atoms with van der Waals surface area (Å²) in [4.78, 5) is 16.6. The Morgan fingerprint density at radius 3 is 2.48 bits per heavy atom. The third kappa shape index (κ3) is 4.04. The zero-order valence-electron chi connectivity index (χ0n) is 12.8. The number of thiazole rings is 1. The molecule has 0 aliphatic carbocycles. The highest BCUT2D eigenvalue weighted by atomic mass is 32.1. The molecule has 5 heteroatoms. The fraction of sp³-hybridized carbons (Fsp3) is 0.375. The Balaban J connectivity index is 2.05. The summed E-state index contributed by atoms with van der Waals surface area (Å²) < 4.78 is 5.36. The second-order valence-corrected chi connectivity index (χ2v) is 6.56. The van der Waals surface area contributed by atoms with Crippen molar-refractivity contribution in [3.8, 4) is 5.75 Å². The molecule has 1 N–H and O–H groups in total. The molecule has 21 heavy (non-hydrogen) atoms. The van der Waals surface area contributed by atoms with E-state index in [4.69, 9.17) is 4.74 Å². The maximum atomic E-state index is 12.2. The van der Waals surface area contributed by atoms with E-state index in [1.54, 1.807) is 24.3 Å². The van der Waals surface area contributed by atoms with Gasteiger partial charge in [0, 0.05) is 16.4 Å². The summed E-state index contributed by atoms with van der Waals surface area (Å²) in [6, 6.07) is 7.08. The predicted octanol–water partition coefficient (Wildman–Crippen LogP) is 4.09. The number of aromatic nitrogens is 1. The summed E-state index contributed by atoms with van der Waals surface area (Å²) in [7, 11) is 0. The number of nitrogens with zero attached hydrogens (tertiary/aromatic N) is 1. The average molecular weight is 304 g/mol. The van der Waals surface area contributed by atoms with Crippen molar-refractivity contribution in [1.82, 2.24) is 4.98 Å². The van der Waals surface area contributed by atoms with Gasteiger partial charge in [-0.3, -0.25) is 10.1 Å². The van der Waals surface area contributed by atoms with E-state index in [1.807, 2.05) is 12.3 Å². The fourth-order valence-electron chi connectivity index (χ4n) is 1.71. The molecule has 0 fully saturated rings. The SMILES string of the molecule is CCOc1ccc(C(=O)Nc2nc(C(C)(C)C)cs2)cc1. The van der Waals surface area contributed by atoms with Crippen LogP contribution in [0.1, 0.15) is 43.7 Å². The summed E-state index contributed by atoms with van der Waals surface area (Å²) in [6.45, 7) is 8.83. The van der Waals surface area contributed by atoms with Gasteiger partial charge in [0.2, 0.25) is 0 Å². The molecule has 112 valence electrons. The van der Waals surface area contributed by atoms with Gasteiger partial charge in [-0.25, -0.2) is 4.98 Å². The zero-order valence-corrected chi connectivity index (χ0v) is 13.6. The highest BCUT2D eigenvalue weighted by Crippen LogP contribution is 2.26. The summed E-state index contributed by atoms with van der Waals surface area (Å²) >= 11 is 1.44. The standard InChI is InChI=1S/C16H20N2O2S/c1-5-20-12-8-6-11(7-9-12)14(19)18-15-17-13(10-21-15)16(2,3)4/h6-10H,5H2,1-4H3,(H,17,18,19). The Hall–Kier alpha value is -1.88. The minimum atomic E-state index is -0.159. The molecule has 0 unspecified atom stereocenters. The minimum absolute atomic E-state index is 0.0153. The molecule has 2 rings (SSSR count). The van der Waals surface area contributed by atoms with E-state index in [0.29, 0.717) is 17.3 Å². The highest BCUT2D eigenvalue weighted by molar-refractivity contribution is 7.14. The molecular formula is C16H20N2O2S. The van der Waals surface area contributed by atoms with Gasteiger partial charge in [-0.15, -0.1) is 11.3 Å². The molecule has 0 saturated carbocycles. The molecular weight excluding hydrogens is 284 g/mol. The normalized spacial score (nSPS) is 11.2. The van der Waals surface area contributed by atoms with Crippen LogP contribution < -0.4 is 10.1 Å². The van der Waals surface area contributed by atoms with Crippen molar-refractivity contribution >= 4 is 22.4 Å². The van der Waals surface area contributed by atoms with E-state index >= 15 is 0 Å². The van der Waals surface area contributed by atoms with Gasteiger partial charge < -0.3 is 4.74 Å². The highest BCUT2D eigenvalue weighted by Gasteiger charge is 2.18. The number of nitrogens with one attached hydrogen (secondary N) is 1. The first-order valence-electron chi connectivity index (χ1n) is 6.90. The van der Waals surface area contributed by atoms with Gasteiger partial charge in [0.05, 0.1) is 12.3 Å². The molecule has 0 radical (unpaired) electrons. The van der Waals surface area contributed by atoms with Crippen molar-refractivity contribution in [1.29, 1.82) is 0 Å². The minimum Gasteiger partial charge on any atom is -0.494 e. The van der Waals surface area contributed by atoms with E-state index in [2.05, 4.69) is 31.1 Å². The van der Waals surface area contributed by atoms with Crippen LogP contribution in [0.5, 0.6) is 5.75 Å². The molecule has 0 bridgehead atoms. The summed E-state index contributed by atoms with van der Waals surface area (Å²) in [5.41, 5.74) is 1.55. The van der Waals surface area contributed by atoms with Crippen LogP contribution >= 0.6 is 11.3 Å². The van der Waals surface area contributed by atoms with Crippen molar-refractivity contribution < 1.29 is 9.53 Å². The van der Waals surface area contributed by atoms with E-state index in [9.17, 15) is 4.79 Å². The van der Waals surface area contributed by atoms with Crippen molar-refractivity contribution in [2.24, 2.45) is 0 Å². The molecule has 0 saturated heterocycles. The van der Waals surface area contributed by atoms with Gasteiger partial charge in [0.15, 0.2) is 5.13 Å². The molecule has 1 aromatic heterocycles. The first-order valence-corrected chi connectivity index (χ1v) is 7.78. The summed E-state index contributed by atoms with van der Waals surface area (Å²) in [5, 5.41) is 5.43. The van der Waals surface area contributed by atoms with E-state index in [-0.39, 0.29) is 11.3 Å². The van der Waals surface area contributed by atoms with Crippen molar-refractivity contribution in [3.05, 3.63) is 40.9 Å². The second-order valence-electron chi connectivity index (χ2n) is 5.70. The first-order chi connectivity index (χ1) is 9.90. The van der Waals surface area contributed by atoms with Gasteiger partial charge in [0.25, 0.3) is 5.91 Å². The number of hydrogen-bond acceptors (Lipinski definition) is 4. The largest absolute Gasteiger partial charge is 0.494 e. The number of amides is 1. The Morgan fingerprint density at radius 2 is 1.95 bits per heavy atom. The number of anilines is 1. The van der Waals surface area contributed by atoms with Crippen LogP contribution in [-0.4, -0.2) is 17.5 Å². The van der Waals surface area contributed by atoms with Crippen LogP contribution in [0.25, 0.3) is 0 Å².